The van der Waals surface area contributed by atoms with E-state index >= 15 is 0 Å². The van der Waals surface area contributed by atoms with Crippen LogP contribution in [0.2, 0.25) is 0 Å². The van der Waals surface area contributed by atoms with Crippen LogP contribution >= 0.6 is 11.3 Å². The van der Waals surface area contributed by atoms with Crippen LogP contribution in [0.25, 0.3) is 0 Å². The van der Waals surface area contributed by atoms with E-state index in [1.807, 2.05) is 13.0 Å². The maximum atomic E-state index is 11.3. The highest BCUT2D eigenvalue weighted by molar-refractivity contribution is 7.11. The number of nitrogens with zero attached hydrogens (tertiary/aromatic N) is 2. The number of nitrogens with one attached hydrogen (secondary N) is 1. The zero-order chi connectivity index (χ0) is 9.68. The van der Waals surface area contributed by atoms with E-state index in [9.17, 15) is 4.79 Å². The molecule has 0 spiro atoms. The minimum Gasteiger partial charge on any atom is -0.334 e. The van der Waals surface area contributed by atoms with Crippen molar-refractivity contribution in [2.45, 2.75) is 19.4 Å². The third-order valence-corrected chi connectivity index (χ3v) is 2.27. The monoisotopic (exact) mass is 195 g/mol. The lowest BCUT2D eigenvalue weighted by Gasteiger charge is -2.06. The van der Waals surface area contributed by atoms with Crippen molar-refractivity contribution in [1.29, 1.82) is 5.26 Å². The molecular formula is C8H9N3OS. The van der Waals surface area contributed by atoms with Crippen LogP contribution in [0.3, 0.4) is 0 Å². The van der Waals surface area contributed by atoms with Crippen LogP contribution < -0.4 is 5.32 Å². The molecule has 0 aliphatic carbocycles. The fourth-order valence-corrected chi connectivity index (χ4v) is 1.32. The lowest BCUT2D eigenvalue weighted by molar-refractivity contribution is 0.0944. The first kappa shape index (κ1) is 9.68. The number of hydrogen-bond acceptors (Lipinski definition) is 4. The first-order valence-electron chi connectivity index (χ1n) is 3.88. The number of nitriles is 1. The normalized spacial score (nSPS) is 11.7. The topological polar surface area (TPSA) is 65.8 Å². The van der Waals surface area contributed by atoms with E-state index in [4.69, 9.17) is 5.26 Å². The van der Waals surface area contributed by atoms with E-state index in [2.05, 4.69) is 10.3 Å². The number of aromatic nitrogens is 1. The summed E-state index contributed by atoms with van der Waals surface area (Å²) in [7, 11) is 0. The molecule has 5 heteroatoms. The Morgan fingerprint density at radius 3 is 3.15 bits per heavy atom. The summed E-state index contributed by atoms with van der Waals surface area (Å²) in [5.74, 6) is -0.275. The Bertz CT molecular complexity index is 315. The highest BCUT2D eigenvalue weighted by Gasteiger charge is 2.12. The Morgan fingerprint density at radius 2 is 2.69 bits per heavy atom. The molecule has 0 aliphatic heterocycles. The van der Waals surface area contributed by atoms with Gasteiger partial charge in [0.05, 0.1) is 6.07 Å². The summed E-state index contributed by atoms with van der Waals surface area (Å²) in [4.78, 5) is 15.2. The van der Waals surface area contributed by atoms with Crippen LogP contribution in [0, 0.1) is 11.3 Å². The Hall–Kier alpha value is -1.41. The molecule has 0 saturated carbocycles. The summed E-state index contributed by atoms with van der Waals surface area (Å²) in [5, 5.41) is 13.3. The van der Waals surface area contributed by atoms with Crippen molar-refractivity contribution >= 4 is 17.2 Å². The molecule has 4 nitrogen and oxygen atoms in total. The minimum atomic E-state index is -0.420. The SMILES string of the molecule is CC[C@@H](C#N)NC(=O)c1nccs1. The summed E-state index contributed by atoms with van der Waals surface area (Å²) in [6.45, 7) is 1.84. The van der Waals surface area contributed by atoms with Gasteiger partial charge in [0.2, 0.25) is 0 Å². The fourth-order valence-electron chi connectivity index (χ4n) is 0.781. The molecule has 1 heterocycles. The van der Waals surface area contributed by atoms with Crippen molar-refractivity contribution in [3.05, 3.63) is 16.6 Å². The first-order chi connectivity index (χ1) is 6.27. The number of thiazole rings is 1. The number of amides is 1. The molecule has 1 rings (SSSR count). The molecule has 0 bridgehead atoms. The molecule has 0 fully saturated rings. The van der Waals surface area contributed by atoms with Gasteiger partial charge in [-0.15, -0.1) is 11.3 Å². The van der Waals surface area contributed by atoms with Crippen molar-refractivity contribution in [3.63, 3.8) is 0 Å². The Balaban J connectivity index is 2.57. The van der Waals surface area contributed by atoms with Gasteiger partial charge in [0.1, 0.15) is 6.04 Å². The van der Waals surface area contributed by atoms with E-state index < -0.39 is 6.04 Å². The Morgan fingerprint density at radius 1 is 1.92 bits per heavy atom. The summed E-state index contributed by atoms with van der Waals surface area (Å²) < 4.78 is 0. The Labute approximate surface area is 80.2 Å². The fraction of sp³-hybridized carbons (Fsp3) is 0.375. The molecule has 1 atom stereocenters. The molecule has 0 unspecified atom stereocenters. The van der Waals surface area contributed by atoms with Gasteiger partial charge in [-0.2, -0.15) is 5.26 Å². The highest BCUT2D eigenvalue weighted by atomic mass is 32.1. The molecule has 1 aromatic heterocycles. The molecule has 0 saturated heterocycles. The van der Waals surface area contributed by atoms with Crippen LogP contribution in [0.4, 0.5) is 0 Å². The van der Waals surface area contributed by atoms with Crippen molar-refractivity contribution in [3.8, 4) is 6.07 Å². The highest BCUT2D eigenvalue weighted by Crippen LogP contribution is 2.03. The lowest BCUT2D eigenvalue weighted by atomic mass is 10.2. The van der Waals surface area contributed by atoms with Gasteiger partial charge in [-0.05, 0) is 6.42 Å². The third-order valence-electron chi connectivity index (χ3n) is 1.50. The van der Waals surface area contributed by atoms with Crippen LogP contribution in [0.1, 0.15) is 23.1 Å². The van der Waals surface area contributed by atoms with E-state index in [-0.39, 0.29) is 5.91 Å². The summed E-state index contributed by atoms with van der Waals surface area (Å²) in [6, 6.07) is 1.57. The maximum absolute atomic E-state index is 11.3. The molecule has 1 amide bonds. The number of carbonyl (C=O) groups is 1. The number of hydrogen-bond donors (Lipinski definition) is 1. The molecule has 0 aliphatic rings. The largest absolute Gasteiger partial charge is 0.334 e. The lowest BCUT2D eigenvalue weighted by Crippen LogP contribution is -2.33. The maximum Gasteiger partial charge on any atom is 0.281 e. The average molecular weight is 195 g/mol. The van der Waals surface area contributed by atoms with E-state index in [1.54, 1.807) is 11.6 Å². The summed E-state index contributed by atoms with van der Waals surface area (Å²) in [5.41, 5.74) is 0. The molecule has 1 N–H and O–H groups in total. The molecule has 0 aromatic carbocycles. The second-order valence-corrected chi connectivity index (χ2v) is 3.30. The van der Waals surface area contributed by atoms with Crippen molar-refractivity contribution in [2.24, 2.45) is 0 Å². The second kappa shape index (κ2) is 4.58. The van der Waals surface area contributed by atoms with Crippen molar-refractivity contribution in [1.82, 2.24) is 10.3 Å². The van der Waals surface area contributed by atoms with Crippen LogP contribution in [-0.4, -0.2) is 16.9 Å². The molecule has 13 heavy (non-hydrogen) atoms. The van der Waals surface area contributed by atoms with Gasteiger partial charge >= 0.3 is 0 Å². The zero-order valence-corrected chi connectivity index (χ0v) is 7.97. The molecule has 1 aromatic rings. The number of rotatable bonds is 3. The molecule has 68 valence electrons. The predicted molar refractivity (Wildman–Crippen MR) is 49.3 cm³/mol. The molecular weight excluding hydrogens is 186 g/mol. The average Bonchev–Trinajstić information content (AvgIpc) is 2.66. The van der Waals surface area contributed by atoms with Gasteiger partial charge in [0.15, 0.2) is 5.01 Å². The van der Waals surface area contributed by atoms with E-state index in [0.717, 1.165) is 0 Å². The van der Waals surface area contributed by atoms with Crippen molar-refractivity contribution < 1.29 is 4.79 Å². The van der Waals surface area contributed by atoms with Crippen LogP contribution in [0.5, 0.6) is 0 Å². The van der Waals surface area contributed by atoms with Crippen molar-refractivity contribution in [2.75, 3.05) is 0 Å². The third kappa shape index (κ3) is 2.53. The van der Waals surface area contributed by atoms with Gasteiger partial charge in [-0.25, -0.2) is 4.98 Å². The molecule has 0 radical (unpaired) electrons. The van der Waals surface area contributed by atoms with E-state index in [0.29, 0.717) is 11.4 Å². The number of carbonyl (C=O) groups excluding carboxylic acids is 1. The predicted octanol–water partition coefficient (Wildman–Crippen LogP) is 1.18. The van der Waals surface area contributed by atoms with Crippen LogP contribution in [-0.2, 0) is 0 Å². The van der Waals surface area contributed by atoms with Crippen LogP contribution in [0.15, 0.2) is 11.6 Å². The smallest absolute Gasteiger partial charge is 0.281 e. The summed E-state index contributed by atoms with van der Waals surface area (Å²) in [6.07, 6.45) is 2.17. The van der Waals surface area contributed by atoms with Gasteiger partial charge in [-0.3, -0.25) is 4.79 Å². The first-order valence-corrected chi connectivity index (χ1v) is 4.76. The van der Waals surface area contributed by atoms with Gasteiger partial charge in [-0.1, -0.05) is 6.92 Å². The van der Waals surface area contributed by atoms with Gasteiger partial charge < -0.3 is 5.32 Å². The standard InChI is InChI=1S/C8H9N3OS/c1-2-6(5-9)11-7(12)8-10-3-4-13-8/h3-4,6H,2H2,1H3,(H,11,12)/t6-/m0/s1. The van der Waals surface area contributed by atoms with Gasteiger partial charge in [0.25, 0.3) is 5.91 Å². The quantitative estimate of drug-likeness (QED) is 0.787. The minimum absolute atomic E-state index is 0.275. The second-order valence-electron chi connectivity index (χ2n) is 2.40. The van der Waals surface area contributed by atoms with Gasteiger partial charge in [0, 0.05) is 11.6 Å². The Kier molecular flexibility index (Phi) is 3.41. The zero-order valence-electron chi connectivity index (χ0n) is 7.15. The summed E-state index contributed by atoms with van der Waals surface area (Å²) >= 11 is 1.26. The van der Waals surface area contributed by atoms with E-state index in [1.165, 1.54) is 11.3 Å².